The summed E-state index contributed by atoms with van der Waals surface area (Å²) in [5.41, 5.74) is 1.34. The fourth-order valence-corrected chi connectivity index (χ4v) is 3.04. The number of aromatic nitrogens is 4. The summed E-state index contributed by atoms with van der Waals surface area (Å²) >= 11 is 13.2. The number of pyridine rings is 1. The highest BCUT2D eigenvalue weighted by atomic mass is 35.5. The number of carbonyl (C=O) groups excluding carboxylic acids is 1. The number of hydrogen-bond acceptors (Lipinski definition) is 5. The Labute approximate surface area is 158 Å². The van der Waals surface area contributed by atoms with Crippen LogP contribution in [0.2, 0.25) is 10.0 Å². The number of anilines is 1. The van der Waals surface area contributed by atoms with Crippen LogP contribution in [0, 0.1) is 0 Å². The number of amides is 1. The molecule has 0 bridgehead atoms. The smallest absolute Gasteiger partial charge is 0.237 e. The molecule has 2 aromatic heterocycles. The molecule has 128 valence electrons. The molecule has 9 heteroatoms. The highest BCUT2D eigenvalue weighted by molar-refractivity contribution is 8.00. The monoisotopic (exact) mass is 393 g/mol. The Balaban J connectivity index is 1.66. The fraction of sp³-hybridized carbons (Fsp3) is 0.125. The first-order valence-corrected chi connectivity index (χ1v) is 8.92. The van der Waals surface area contributed by atoms with Gasteiger partial charge < -0.3 is 5.32 Å². The van der Waals surface area contributed by atoms with Crippen molar-refractivity contribution in [2.24, 2.45) is 0 Å². The Morgan fingerprint density at radius 3 is 2.76 bits per heavy atom. The minimum Gasteiger partial charge on any atom is -0.324 e. The van der Waals surface area contributed by atoms with Gasteiger partial charge in [-0.05, 0) is 37.3 Å². The SMILES string of the molecule is C[C@H](Sc1n[nH]c(-c2ccncc2)n1)C(=O)Nc1cc(Cl)ccc1Cl. The standard InChI is InChI=1S/C16H13Cl2N5OS/c1-9(15(24)20-13-8-11(17)2-3-12(13)18)25-16-21-14(22-23-16)10-4-6-19-7-5-10/h2-9H,1H3,(H,20,24)(H,21,22,23)/t9-/m0/s1. The van der Waals surface area contributed by atoms with Gasteiger partial charge in [-0.1, -0.05) is 35.0 Å². The van der Waals surface area contributed by atoms with Crippen molar-refractivity contribution >= 4 is 46.6 Å². The molecule has 0 aliphatic rings. The van der Waals surface area contributed by atoms with E-state index in [-0.39, 0.29) is 5.91 Å². The summed E-state index contributed by atoms with van der Waals surface area (Å²) in [4.78, 5) is 20.7. The molecule has 0 fully saturated rings. The largest absolute Gasteiger partial charge is 0.324 e. The number of H-pyrrole nitrogens is 1. The lowest BCUT2D eigenvalue weighted by molar-refractivity contribution is -0.115. The van der Waals surface area contributed by atoms with Crippen LogP contribution in [0.4, 0.5) is 5.69 Å². The van der Waals surface area contributed by atoms with Crippen LogP contribution in [0.1, 0.15) is 6.92 Å². The molecule has 0 radical (unpaired) electrons. The average Bonchev–Trinajstić information content (AvgIpc) is 3.07. The molecule has 1 amide bonds. The van der Waals surface area contributed by atoms with Crippen LogP contribution in [0.15, 0.2) is 47.9 Å². The van der Waals surface area contributed by atoms with Crippen molar-refractivity contribution in [3.63, 3.8) is 0 Å². The third kappa shape index (κ3) is 4.50. The molecule has 0 aliphatic carbocycles. The van der Waals surface area contributed by atoms with E-state index in [2.05, 4.69) is 25.5 Å². The van der Waals surface area contributed by atoms with Gasteiger partial charge in [-0.2, -0.15) is 0 Å². The lowest BCUT2D eigenvalue weighted by Gasteiger charge is -2.11. The first-order valence-electron chi connectivity index (χ1n) is 7.28. The van der Waals surface area contributed by atoms with Gasteiger partial charge in [0.05, 0.1) is 16.0 Å². The maximum absolute atomic E-state index is 12.3. The number of benzene rings is 1. The molecule has 0 aliphatic heterocycles. The Kier molecular flexibility index (Phi) is 5.57. The van der Waals surface area contributed by atoms with E-state index in [0.29, 0.717) is 26.7 Å². The van der Waals surface area contributed by atoms with E-state index in [9.17, 15) is 4.79 Å². The third-order valence-corrected chi connectivity index (χ3v) is 4.78. The predicted molar refractivity (Wildman–Crippen MR) is 100 cm³/mol. The van der Waals surface area contributed by atoms with Gasteiger partial charge in [-0.3, -0.25) is 14.9 Å². The topological polar surface area (TPSA) is 83.6 Å². The Bertz CT molecular complexity index is 887. The van der Waals surface area contributed by atoms with Crippen LogP contribution in [0.3, 0.4) is 0 Å². The van der Waals surface area contributed by atoms with Gasteiger partial charge in [0, 0.05) is 23.0 Å². The molecular formula is C16H13Cl2N5OS. The van der Waals surface area contributed by atoms with E-state index in [4.69, 9.17) is 23.2 Å². The first-order chi connectivity index (χ1) is 12.0. The van der Waals surface area contributed by atoms with Gasteiger partial charge in [-0.25, -0.2) is 4.98 Å². The minimum absolute atomic E-state index is 0.218. The summed E-state index contributed by atoms with van der Waals surface area (Å²) in [6.45, 7) is 1.76. The second-order valence-electron chi connectivity index (χ2n) is 5.08. The summed E-state index contributed by atoms with van der Waals surface area (Å²) in [6.07, 6.45) is 3.35. The van der Waals surface area contributed by atoms with Crippen molar-refractivity contribution in [3.8, 4) is 11.4 Å². The van der Waals surface area contributed by atoms with Gasteiger partial charge in [0.1, 0.15) is 0 Å². The van der Waals surface area contributed by atoms with Crippen LogP contribution in [0.25, 0.3) is 11.4 Å². The van der Waals surface area contributed by atoms with Crippen LogP contribution in [0.5, 0.6) is 0 Å². The molecule has 2 N–H and O–H groups in total. The van der Waals surface area contributed by atoms with Gasteiger partial charge in [0.25, 0.3) is 0 Å². The normalized spacial score (nSPS) is 12.0. The number of nitrogens with one attached hydrogen (secondary N) is 2. The van der Waals surface area contributed by atoms with Crippen molar-refractivity contribution in [1.82, 2.24) is 20.2 Å². The molecule has 1 aromatic carbocycles. The van der Waals surface area contributed by atoms with E-state index in [1.165, 1.54) is 11.8 Å². The minimum atomic E-state index is -0.420. The second-order valence-corrected chi connectivity index (χ2v) is 7.23. The van der Waals surface area contributed by atoms with Crippen LogP contribution in [-0.4, -0.2) is 31.3 Å². The van der Waals surface area contributed by atoms with Gasteiger partial charge in [0.2, 0.25) is 11.1 Å². The summed E-state index contributed by atoms with van der Waals surface area (Å²) in [5.74, 6) is 0.403. The summed E-state index contributed by atoms with van der Waals surface area (Å²) in [7, 11) is 0. The van der Waals surface area contributed by atoms with Crippen molar-refractivity contribution in [2.45, 2.75) is 17.3 Å². The van der Waals surface area contributed by atoms with Gasteiger partial charge in [-0.15, -0.1) is 5.10 Å². The third-order valence-electron chi connectivity index (χ3n) is 3.26. The fourth-order valence-electron chi connectivity index (χ4n) is 1.98. The molecule has 1 atom stereocenters. The van der Waals surface area contributed by atoms with Crippen molar-refractivity contribution < 1.29 is 4.79 Å². The molecule has 2 heterocycles. The Morgan fingerprint density at radius 1 is 1.24 bits per heavy atom. The maximum Gasteiger partial charge on any atom is 0.237 e. The van der Waals surface area contributed by atoms with E-state index in [0.717, 1.165) is 5.56 Å². The Hall–Kier alpha value is -2.09. The molecule has 3 rings (SSSR count). The number of thioether (sulfide) groups is 1. The highest BCUT2D eigenvalue weighted by Crippen LogP contribution is 2.27. The van der Waals surface area contributed by atoms with E-state index < -0.39 is 5.25 Å². The number of nitrogens with zero attached hydrogens (tertiary/aromatic N) is 3. The van der Waals surface area contributed by atoms with Crippen LogP contribution >= 0.6 is 35.0 Å². The number of rotatable bonds is 5. The van der Waals surface area contributed by atoms with Crippen molar-refractivity contribution in [2.75, 3.05) is 5.32 Å². The lowest BCUT2D eigenvalue weighted by Crippen LogP contribution is -2.22. The van der Waals surface area contributed by atoms with Gasteiger partial charge in [0.15, 0.2) is 5.82 Å². The molecule has 0 unspecified atom stereocenters. The Morgan fingerprint density at radius 2 is 2.00 bits per heavy atom. The zero-order valence-electron chi connectivity index (χ0n) is 13.0. The number of halogens is 2. The zero-order chi connectivity index (χ0) is 17.8. The number of hydrogen-bond donors (Lipinski definition) is 2. The van der Waals surface area contributed by atoms with Crippen LogP contribution < -0.4 is 5.32 Å². The molecule has 0 saturated heterocycles. The molecule has 0 saturated carbocycles. The quantitative estimate of drug-likeness (QED) is 0.631. The van der Waals surface area contributed by atoms with Crippen molar-refractivity contribution in [1.29, 1.82) is 0 Å². The van der Waals surface area contributed by atoms with Gasteiger partial charge >= 0.3 is 0 Å². The second kappa shape index (κ2) is 7.86. The maximum atomic E-state index is 12.3. The molecular weight excluding hydrogens is 381 g/mol. The van der Waals surface area contributed by atoms with E-state index in [1.54, 1.807) is 37.5 Å². The van der Waals surface area contributed by atoms with E-state index in [1.807, 2.05) is 12.1 Å². The average molecular weight is 394 g/mol. The van der Waals surface area contributed by atoms with Crippen molar-refractivity contribution in [3.05, 3.63) is 52.8 Å². The lowest BCUT2D eigenvalue weighted by atomic mass is 10.3. The molecule has 3 aromatic rings. The number of aromatic amines is 1. The summed E-state index contributed by atoms with van der Waals surface area (Å²) < 4.78 is 0. The zero-order valence-corrected chi connectivity index (χ0v) is 15.4. The first kappa shape index (κ1) is 17.7. The molecule has 25 heavy (non-hydrogen) atoms. The molecule has 0 spiro atoms. The molecule has 6 nitrogen and oxygen atoms in total. The number of carbonyl (C=O) groups is 1. The van der Waals surface area contributed by atoms with E-state index >= 15 is 0 Å². The summed E-state index contributed by atoms with van der Waals surface area (Å²) in [5, 5.41) is 10.7. The van der Waals surface area contributed by atoms with Crippen LogP contribution in [-0.2, 0) is 4.79 Å². The highest BCUT2D eigenvalue weighted by Gasteiger charge is 2.18. The predicted octanol–water partition coefficient (Wildman–Crippen LogP) is 4.29. The summed E-state index contributed by atoms with van der Waals surface area (Å²) in [6, 6.07) is 8.55.